The van der Waals surface area contributed by atoms with Crippen LogP contribution in [0.15, 0.2) is 24.5 Å². The first-order valence-corrected chi connectivity index (χ1v) is 8.84. The van der Waals surface area contributed by atoms with Crippen molar-refractivity contribution < 1.29 is 9.13 Å². The lowest BCUT2D eigenvalue weighted by Gasteiger charge is -2.16. The maximum absolute atomic E-state index is 14.0. The van der Waals surface area contributed by atoms with Gasteiger partial charge in [0.2, 0.25) is 0 Å². The van der Waals surface area contributed by atoms with Crippen LogP contribution in [0.3, 0.4) is 0 Å². The third-order valence-corrected chi connectivity index (χ3v) is 5.73. The van der Waals surface area contributed by atoms with Crippen molar-refractivity contribution in [2.45, 2.75) is 32.2 Å². The van der Waals surface area contributed by atoms with Crippen molar-refractivity contribution in [3.05, 3.63) is 46.3 Å². The summed E-state index contributed by atoms with van der Waals surface area (Å²) < 4.78 is 18.9. The Bertz CT molecular complexity index is 909. The number of anilines is 1. The van der Waals surface area contributed by atoms with Gasteiger partial charge in [-0.25, -0.2) is 14.4 Å². The van der Waals surface area contributed by atoms with Crippen LogP contribution < -0.4 is 10.1 Å². The fourth-order valence-corrected chi connectivity index (χ4v) is 4.51. The molecule has 0 unspecified atom stereocenters. The van der Waals surface area contributed by atoms with E-state index < -0.39 is 0 Å². The summed E-state index contributed by atoms with van der Waals surface area (Å²) in [5.74, 6) is 0.738. The van der Waals surface area contributed by atoms with Crippen molar-refractivity contribution in [1.29, 1.82) is 0 Å². The van der Waals surface area contributed by atoms with Gasteiger partial charge in [-0.15, -0.1) is 11.3 Å². The van der Waals surface area contributed by atoms with E-state index in [1.165, 1.54) is 30.0 Å². The smallest absolute Gasteiger partial charge is 0.165 e. The molecule has 2 heterocycles. The third-order valence-electron chi connectivity index (χ3n) is 4.53. The Hall–Kier alpha value is -2.21. The number of thiophene rings is 1. The number of aryl methyl sites for hydroxylation is 2. The number of methoxy groups -OCH3 is 1. The van der Waals surface area contributed by atoms with Crippen LogP contribution in [0.1, 0.15) is 35.4 Å². The molecule has 1 aromatic carbocycles. The van der Waals surface area contributed by atoms with Gasteiger partial charge in [-0.05, 0) is 49.4 Å². The summed E-state index contributed by atoms with van der Waals surface area (Å²) in [6.07, 6.45) is 5.01. The van der Waals surface area contributed by atoms with Gasteiger partial charge in [-0.2, -0.15) is 0 Å². The van der Waals surface area contributed by atoms with Crippen LogP contribution in [-0.4, -0.2) is 17.1 Å². The fourth-order valence-electron chi connectivity index (χ4n) is 3.28. The number of fused-ring (bicyclic) bond motifs is 3. The van der Waals surface area contributed by atoms with Crippen molar-refractivity contribution >= 4 is 27.4 Å². The summed E-state index contributed by atoms with van der Waals surface area (Å²) in [5, 5.41) is 4.56. The summed E-state index contributed by atoms with van der Waals surface area (Å²) in [7, 11) is 1.47. The second kappa shape index (κ2) is 6.02. The van der Waals surface area contributed by atoms with Crippen LogP contribution in [0.25, 0.3) is 10.2 Å². The number of aromatic nitrogens is 2. The van der Waals surface area contributed by atoms with Gasteiger partial charge in [0, 0.05) is 4.88 Å². The first kappa shape index (κ1) is 15.3. The maximum Gasteiger partial charge on any atom is 0.165 e. The monoisotopic (exact) mass is 343 g/mol. The molecule has 0 saturated heterocycles. The molecule has 6 heteroatoms. The Labute approximate surface area is 143 Å². The minimum Gasteiger partial charge on any atom is -0.494 e. The molecule has 0 amide bonds. The Morgan fingerprint density at radius 1 is 1.29 bits per heavy atom. The lowest BCUT2D eigenvalue weighted by molar-refractivity contribution is 0.386. The van der Waals surface area contributed by atoms with E-state index in [1.54, 1.807) is 23.7 Å². The molecular formula is C18H18FN3OS. The molecule has 1 aliphatic carbocycles. The molecule has 1 aliphatic rings. The zero-order valence-electron chi connectivity index (χ0n) is 13.6. The minimum absolute atomic E-state index is 0.0690. The molecule has 124 valence electrons. The van der Waals surface area contributed by atoms with Gasteiger partial charge in [0.25, 0.3) is 0 Å². The van der Waals surface area contributed by atoms with E-state index in [4.69, 9.17) is 4.74 Å². The predicted octanol–water partition coefficient (Wildman–Crippen LogP) is 4.50. The number of hydrogen-bond donors (Lipinski definition) is 1. The minimum atomic E-state index is -0.354. The van der Waals surface area contributed by atoms with Gasteiger partial charge in [0.15, 0.2) is 11.6 Å². The Morgan fingerprint density at radius 3 is 2.96 bits per heavy atom. The first-order chi connectivity index (χ1) is 11.7. The maximum atomic E-state index is 14.0. The van der Waals surface area contributed by atoms with E-state index in [2.05, 4.69) is 15.3 Å². The normalized spacial score (nSPS) is 14.6. The molecule has 0 bridgehead atoms. The largest absolute Gasteiger partial charge is 0.494 e. The molecule has 2 aromatic heterocycles. The molecular weight excluding hydrogens is 325 g/mol. The molecule has 1 N–H and O–H groups in total. The second-order valence-corrected chi connectivity index (χ2v) is 7.10. The van der Waals surface area contributed by atoms with Gasteiger partial charge in [0.05, 0.1) is 18.5 Å². The SMILES string of the molecule is COc1ccc([C@@H](C)Nc2ncnc3sc4c(c23)CCC4)cc1F. The Balaban J connectivity index is 1.68. The Kier molecular flexibility index (Phi) is 3.84. The quantitative estimate of drug-likeness (QED) is 0.758. The summed E-state index contributed by atoms with van der Waals surface area (Å²) in [4.78, 5) is 11.3. The zero-order chi connectivity index (χ0) is 16.7. The zero-order valence-corrected chi connectivity index (χ0v) is 14.4. The highest BCUT2D eigenvalue weighted by atomic mass is 32.1. The van der Waals surface area contributed by atoms with Crippen LogP contribution >= 0.6 is 11.3 Å². The van der Waals surface area contributed by atoms with Crippen molar-refractivity contribution in [3.8, 4) is 5.75 Å². The van der Waals surface area contributed by atoms with E-state index >= 15 is 0 Å². The van der Waals surface area contributed by atoms with Crippen molar-refractivity contribution in [1.82, 2.24) is 9.97 Å². The number of nitrogens with one attached hydrogen (secondary N) is 1. The number of nitrogens with zero attached hydrogens (tertiary/aromatic N) is 2. The summed E-state index contributed by atoms with van der Waals surface area (Å²) in [6.45, 7) is 2.00. The third kappa shape index (κ3) is 2.51. The molecule has 4 rings (SSSR count). The molecule has 0 aliphatic heterocycles. The van der Waals surface area contributed by atoms with E-state index in [0.29, 0.717) is 0 Å². The van der Waals surface area contributed by atoms with Crippen LogP contribution in [0, 0.1) is 5.82 Å². The van der Waals surface area contributed by atoms with Crippen LogP contribution in [0.4, 0.5) is 10.2 Å². The van der Waals surface area contributed by atoms with Crippen LogP contribution in [0.5, 0.6) is 5.75 Å². The molecule has 1 atom stereocenters. The number of ether oxygens (including phenoxy) is 1. The highest BCUT2D eigenvalue weighted by molar-refractivity contribution is 7.19. The van der Waals surface area contributed by atoms with E-state index in [0.717, 1.165) is 34.4 Å². The lowest BCUT2D eigenvalue weighted by atomic mass is 10.1. The second-order valence-electron chi connectivity index (χ2n) is 6.02. The highest BCUT2D eigenvalue weighted by Crippen LogP contribution is 2.39. The van der Waals surface area contributed by atoms with Crippen molar-refractivity contribution in [3.63, 3.8) is 0 Å². The number of hydrogen-bond acceptors (Lipinski definition) is 5. The van der Waals surface area contributed by atoms with Gasteiger partial charge >= 0.3 is 0 Å². The van der Waals surface area contributed by atoms with Crippen molar-refractivity contribution in [2.75, 3.05) is 12.4 Å². The van der Waals surface area contributed by atoms with Crippen LogP contribution in [0.2, 0.25) is 0 Å². The molecule has 24 heavy (non-hydrogen) atoms. The summed E-state index contributed by atoms with van der Waals surface area (Å²) in [5.41, 5.74) is 2.23. The molecule has 0 fully saturated rings. The molecule has 0 saturated carbocycles. The first-order valence-electron chi connectivity index (χ1n) is 8.02. The van der Waals surface area contributed by atoms with Gasteiger partial charge in [-0.3, -0.25) is 0 Å². The topological polar surface area (TPSA) is 47.0 Å². The van der Waals surface area contributed by atoms with Crippen LogP contribution in [-0.2, 0) is 12.8 Å². The average Bonchev–Trinajstić information content (AvgIpc) is 3.15. The summed E-state index contributed by atoms with van der Waals surface area (Å²) >= 11 is 1.76. The van der Waals surface area contributed by atoms with Gasteiger partial charge < -0.3 is 10.1 Å². The predicted molar refractivity (Wildman–Crippen MR) is 94.4 cm³/mol. The molecule has 0 spiro atoms. The van der Waals surface area contributed by atoms with E-state index in [-0.39, 0.29) is 17.6 Å². The fraction of sp³-hybridized carbons (Fsp3) is 0.333. The molecule has 4 nitrogen and oxygen atoms in total. The molecule has 3 aromatic rings. The van der Waals surface area contributed by atoms with E-state index in [9.17, 15) is 4.39 Å². The number of halogens is 1. The standard InChI is InChI=1S/C18H18FN3OS/c1-10(11-6-7-14(23-2)13(19)8-11)22-17-16-12-4-3-5-15(12)24-18(16)21-9-20-17/h6-10H,3-5H2,1-2H3,(H,20,21,22)/t10-/m1/s1. The highest BCUT2D eigenvalue weighted by Gasteiger charge is 2.22. The lowest BCUT2D eigenvalue weighted by Crippen LogP contribution is -2.09. The van der Waals surface area contributed by atoms with Gasteiger partial charge in [-0.1, -0.05) is 6.07 Å². The molecule has 0 radical (unpaired) electrons. The van der Waals surface area contributed by atoms with Gasteiger partial charge in [0.1, 0.15) is 17.0 Å². The Morgan fingerprint density at radius 2 is 2.17 bits per heavy atom. The van der Waals surface area contributed by atoms with E-state index in [1.807, 2.05) is 13.0 Å². The average molecular weight is 343 g/mol. The number of benzene rings is 1. The summed E-state index contributed by atoms with van der Waals surface area (Å²) in [6, 6.07) is 4.96. The van der Waals surface area contributed by atoms with Crippen molar-refractivity contribution in [2.24, 2.45) is 0 Å². The number of rotatable bonds is 4.